The van der Waals surface area contributed by atoms with Crippen LogP contribution in [0.5, 0.6) is 0 Å². The van der Waals surface area contributed by atoms with Crippen LogP contribution in [-0.2, 0) is 10.0 Å². The first-order chi connectivity index (χ1) is 19.5. The minimum absolute atomic E-state index is 0.0671. The number of rotatable bonds is 8. The predicted octanol–water partition coefficient (Wildman–Crippen LogP) is 3.94. The van der Waals surface area contributed by atoms with E-state index in [2.05, 4.69) is 9.62 Å². The van der Waals surface area contributed by atoms with E-state index < -0.39 is 34.2 Å². The molecule has 2 aromatic heterocycles. The topological polar surface area (TPSA) is 142 Å². The van der Waals surface area contributed by atoms with Crippen molar-refractivity contribution in [1.82, 2.24) is 4.98 Å². The molecular weight excluding hydrogens is 556 g/mol. The Kier molecular flexibility index (Phi) is 6.84. The van der Waals surface area contributed by atoms with Crippen LogP contribution in [0.2, 0.25) is 0 Å². The maximum absolute atomic E-state index is 14.0. The molecule has 1 amide bonds. The Morgan fingerprint density at radius 2 is 1.73 bits per heavy atom. The third kappa shape index (κ3) is 5.44. The van der Waals surface area contributed by atoms with Gasteiger partial charge in [0.2, 0.25) is 10.0 Å². The van der Waals surface area contributed by atoms with E-state index in [4.69, 9.17) is 15.1 Å². The Balaban J connectivity index is 1.54. The summed E-state index contributed by atoms with van der Waals surface area (Å²) in [5.41, 5.74) is 8.21. The average Bonchev–Trinajstić information content (AvgIpc) is 3.49. The molecule has 1 aliphatic carbocycles. The lowest BCUT2D eigenvalue weighted by Gasteiger charge is -2.36. The van der Waals surface area contributed by atoms with Crippen molar-refractivity contribution < 1.29 is 31.5 Å². The van der Waals surface area contributed by atoms with Gasteiger partial charge in [-0.1, -0.05) is 0 Å². The zero-order chi connectivity index (χ0) is 29.0. The number of hydrogen-bond acceptors (Lipinski definition) is 8. The summed E-state index contributed by atoms with van der Waals surface area (Å²) in [5.74, 6) is -3.58. The van der Waals surface area contributed by atoms with Gasteiger partial charge in [-0.15, -0.1) is 0 Å². The number of primary amides is 1. The number of carbonyl (C=O) groups is 1. The van der Waals surface area contributed by atoms with E-state index >= 15 is 0 Å². The molecule has 2 saturated heterocycles. The number of aliphatic hydroxyl groups is 1. The number of nitrogens with zero attached hydrogens (tertiary/aromatic N) is 3. The molecule has 13 heteroatoms. The van der Waals surface area contributed by atoms with Crippen LogP contribution in [0.3, 0.4) is 0 Å². The minimum Gasteiger partial charge on any atom is -0.460 e. The molecule has 3 aliphatic rings. The van der Waals surface area contributed by atoms with Crippen molar-refractivity contribution in [2.75, 3.05) is 53.1 Å². The molecule has 3 fully saturated rings. The maximum atomic E-state index is 14.0. The van der Waals surface area contributed by atoms with Crippen LogP contribution in [0.25, 0.3) is 22.2 Å². The number of piperidine rings is 2. The van der Waals surface area contributed by atoms with Gasteiger partial charge in [0.05, 0.1) is 41.3 Å². The quantitative estimate of drug-likeness (QED) is 0.359. The second kappa shape index (κ2) is 10.1. The molecule has 4 N–H and O–H groups in total. The van der Waals surface area contributed by atoms with Gasteiger partial charge in [-0.05, 0) is 55.4 Å². The molecule has 1 aromatic carbocycles. The van der Waals surface area contributed by atoms with Crippen molar-refractivity contribution in [3.8, 4) is 11.3 Å². The predicted molar refractivity (Wildman–Crippen MR) is 152 cm³/mol. The molecule has 0 bridgehead atoms. The van der Waals surface area contributed by atoms with Gasteiger partial charge in [0.25, 0.3) is 11.8 Å². The van der Waals surface area contributed by atoms with E-state index in [1.165, 1.54) is 31.2 Å². The van der Waals surface area contributed by atoms with Crippen molar-refractivity contribution in [3.05, 3.63) is 36.1 Å². The molecule has 2 aliphatic heterocycles. The molecule has 3 aromatic rings. The van der Waals surface area contributed by atoms with Crippen molar-refractivity contribution >= 4 is 44.1 Å². The van der Waals surface area contributed by atoms with Gasteiger partial charge in [-0.25, -0.2) is 22.2 Å². The van der Waals surface area contributed by atoms with Gasteiger partial charge >= 0.3 is 0 Å². The Hall–Kier alpha value is -3.45. The lowest BCUT2D eigenvalue weighted by molar-refractivity contribution is -0.0221. The van der Waals surface area contributed by atoms with Crippen LogP contribution in [0, 0.1) is 5.41 Å². The number of halogens is 2. The number of nitrogens with one attached hydrogen (secondary N) is 1. The standard InChI is InChI=1S/C28H33F2N5O5S/c29-28(30)8-12-35(13-9-28)26-24-18(3-15-40-24)17-21(32-26)22-20(33-41(38,39)16-14-36)2-1-19(25(31)37)23(22)34-10-6-27(4-5-27)7-11-34/h1-3,15,17,33,36H,4-14,16H2,(H2,31,37). The Bertz CT molecular complexity index is 1580. The number of pyridine rings is 1. The molecule has 220 valence electrons. The van der Waals surface area contributed by atoms with Crippen molar-refractivity contribution in [3.63, 3.8) is 0 Å². The van der Waals surface area contributed by atoms with Gasteiger partial charge in [0.1, 0.15) is 0 Å². The number of hydrogen-bond donors (Lipinski definition) is 3. The minimum atomic E-state index is -3.95. The number of anilines is 3. The molecule has 10 nitrogen and oxygen atoms in total. The molecule has 0 atom stereocenters. The van der Waals surface area contributed by atoms with Crippen molar-refractivity contribution in [2.45, 2.75) is 44.4 Å². The Morgan fingerprint density at radius 1 is 1.05 bits per heavy atom. The van der Waals surface area contributed by atoms with Crippen molar-refractivity contribution in [2.24, 2.45) is 11.1 Å². The van der Waals surface area contributed by atoms with E-state index in [0.717, 1.165) is 12.8 Å². The van der Waals surface area contributed by atoms with Gasteiger partial charge in [0.15, 0.2) is 11.4 Å². The summed E-state index contributed by atoms with van der Waals surface area (Å²) in [5, 5.41) is 9.99. The summed E-state index contributed by atoms with van der Waals surface area (Å²) in [6.45, 7) is 0.869. The summed E-state index contributed by atoms with van der Waals surface area (Å²) in [7, 11) is -3.95. The zero-order valence-corrected chi connectivity index (χ0v) is 23.4. The van der Waals surface area contributed by atoms with Crippen LogP contribution in [0.4, 0.5) is 26.0 Å². The Labute approximate surface area is 236 Å². The number of alkyl halides is 2. The number of sulfonamides is 1. The molecular formula is C28H33F2N5O5S. The molecule has 0 radical (unpaired) electrons. The highest BCUT2D eigenvalue weighted by molar-refractivity contribution is 7.92. The molecule has 0 unspecified atom stereocenters. The smallest absolute Gasteiger partial charge is 0.251 e. The monoisotopic (exact) mass is 589 g/mol. The highest BCUT2D eigenvalue weighted by atomic mass is 32.2. The van der Waals surface area contributed by atoms with Gasteiger partial charge in [-0.2, -0.15) is 0 Å². The van der Waals surface area contributed by atoms with Gasteiger partial charge in [0, 0.05) is 50.0 Å². The number of amides is 1. The van der Waals surface area contributed by atoms with Crippen LogP contribution < -0.4 is 20.3 Å². The number of aliphatic hydroxyl groups excluding tert-OH is 1. The van der Waals surface area contributed by atoms with E-state index in [-0.39, 0.29) is 37.2 Å². The largest absolute Gasteiger partial charge is 0.460 e. The highest BCUT2D eigenvalue weighted by Crippen LogP contribution is 2.55. The molecule has 41 heavy (non-hydrogen) atoms. The molecule has 6 rings (SSSR count). The first kappa shape index (κ1) is 27.7. The highest BCUT2D eigenvalue weighted by Gasteiger charge is 2.45. The van der Waals surface area contributed by atoms with E-state index in [0.29, 0.717) is 52.2 Å². The first-order valence-corrected chi connectivity index (χ1v) is 15.5. The molecule has 1 saturated carbocycles. The van der Waals surface area contributed by atoms with Crippen LogP contribution in [-0.4, -0.2) is 68.9 Å². The SMILES string of the molecule is NC(=O)c1ccc(NS(=O)(=O)CCO)c(-c2cc3ccoc3c(N3CCC(F)(F)CC3)n2)c1N1CCC2(CC1)CC2. The normalized spacial score (nSPS) is 20.0. The lowest BCUT2D eigenvalue weighted by atomic mass is 9.91. The number of furan rings is 1. The van der Waals surface area contributed by atoms with Crippen LogP contribution in [0.1, 0.15) is 48.9 Å². The second-order valence-corrected chi connectivity index (χ2v) is 13.2. The van der Waals surface area contributed by atoms with Gasteiger partial charge in [-0.3, -0.25) is 9.52 Å². The summed E-state index contributed by atoms with van der Waals surface area (Å²) >= 11 is 0. The third-order valence-corrected chi connectivity index (χ3v) is 9.89. The number of benzene rings is 1. The summed E-state index contributed by atoms with van der Waals surface area (Å²) in [6.07, 6.45) is 5.06. The van der Waals surface area contributed by atoms with Crippen LogP contribution in [0.15, 0.2) is 34.9 Å². The first-order valence-electron chi connectivity index (χ1n) is 13.8. The number of nitrogens with two attached hydrogens (primary N) is 1. The zero-order valence-electron chi connectivity index (χ0n) is 22.5. The number of aromatic nitrogens is 1. The average molecular weight is 590 g/mol. The molecule has 4 heterocycles. The third-order valence-electron chi connectivity index (χ3n) is 8.63. The molecule has 1 spiro atoms. The number of carbonyl (C=O) groups excluding carboxylic acids is 1. The second-order valence-electron chi connectivity index (χ2n) is 11.4. The summed E-state index contributed by atoms with van der Waals surface area (Å²) in [4.78, 5) is 21.4. The fraction of sp³-hybridized carbons (Fsp3) is 0.500. The van der Waals surface area contributed by atoms with E-state index in [9.17, 15) is 27.1 Å². The fourth-order valence-electron chi connectivity index (χ4n) is 6.03. The number of fused-ring (bicyclic) bond motifs is 1. The van der Waals surface area contributed by atoms with E-state index in [1.54, 1.807) is 17.0 Å². The maximum Gasteiger partial charge on any atom is 0.251 e. The van der Waals surface area contributed by atoms with E-state index in [1.807, 2.05) is 0 Å². The Morgan fingerprint density at radius 3 is 2.37 bits per heavy atom. The summed E-state index contributed by atoms with van der Waals surface area (Å²) < 4.78 is 62.0. The lowest BCUT2D eigenvalue weighted by Crippen LogP contribution is -2.39. The van der Waals surface area contributed by atoms with Crippen LogP contribution >= 0.6 is 0 Å². The van der Waals surface area contributed by atoms with Crippen molar-refractivity contribution in [1.29, 1.82) is 0 Å². The fourth-order valence-corrected chi connectivity index (χ4v) is 6.88. The summed E-state index contributed by atoms with van der Waals surface area (Å²) in [6, 6.07) is 6.44. The van der Waals surface area contributed by atoms with Gasteiger partial charge < -0.3 is 25.1 Å².